The number of hydrogen-bond donors (Lipinski definition) is 1. The van der Waals surface area contributed by atoms with Crippen LogP contribution in [-0.2, 0) is 0 Å². The van der Waals surface area contributed by atoms with Gasteiger partial charge in [-0.25, -0.2) is 4.99 Å². The third-order valence-electron chi connectivity index (χ3n) is 8.70. The number of nitrogens with zero attached hydrogens (tertiary/aromatic N) is 5. The predicted molar refractivity (Wildman–Crippen MR) is 157 cm³/mol. The molecular weight excluding hydrogens is 484 g/mol. The van der Waals surface area contributed by atoms with E-state index in [-0.39, 0.29) is 6.17 Å². The lowest BCUT2D eigenvalue weighted by atomic mass is 9.98. The summed E-state index contributed by atoms with van der Waals surface area (Å²) in [5.41, 5.74) is 4.00. The van der Waals surface area contributed by atoms with E-state index in [9.17, 15) is 0 Å². The van der Waals surface area contributed by atoms with Crippen LogP contribution in [0.25, 0.3) is 32.9 Å². The first-order chi connectivity index (χ1) is 19.1. The number of azo groups is 1. The summed E-state index contributed by atoms with van der Waals surface area (Å²) in [4.78, 5) is 7.36. The summed E-state index contributed by atoms with van der Waals surface area (Å²) >= 11 is 0. The molecule has 39 heavy (non-hydrogen) atoms. The molecule has 1 unspecified atom stereocenters. The average Bonchev–Trinajstić information content (AvgIpc) is 3.46. The number of piperidine rings is 1. The van der Waals surface area contributed by atoms with Crippen molar-refractivity contribution in [2.24, 2.45) is 21.1 Å². The van der Waals surface area contributed by atoms with Crippen molar-refractivity contribution >= 4 is 27.5 Å². The third-order valence-corrected chi connectivity index (χ3v) is 8.70. The molecule has 4 aromatic rings. The largest absolute Gasteiger partial charge is 0.492 e. The first-order valence-electron chi connectivity index (χ1n) is 14.5. The molecule has 1 saturated heterocycles. The Labute approximate surface area is 229 Å². The molecule has 3 heterocycles. The molecule has 200 valence electrons. The molecule has 7 rings (SSSR count). The molecule has 0 spiro atoms. The summed E-state index contributed by atoms with van der Waals surface area (Å²) in [6.07, 6.45) is 7.53. The molecular formula is C32H36N6O. The van der Waals surface area contributed by atoms with Crippen molar-refractivity contribution in [1.82, 2.24) is 15.1 Å². The normalized spacial score (nSPS) is 23.5. The number of amidine groups is 1. The number of rotatable bonds is 8. The van der Waals surface area contributed by atoms with Gasteiger partial charge in [-0.15, -0.1) is 5.11 Å². The van der Waals surface area contributed by atoms with Crippen molar-refractivity contribution in [2.45, 2.75) is 70.6 Å². The molecule has 0 bridgehead atoms. The van der Waals surface area contributed by atoms with Gasteiger partial charge in [0.2, 0.25) is 0 Å². The molecule has 1 aromatic heterocycles. The van der Waals surface area contributed by atoms with Gasteiger partial charge in [-0.05, 0) is 86.2 Å². The standard InChI is InChI=1S/C32H36N6O/c1-20-4-3-5-21(2)38(20)14-15-39-27-12-10-23-17-25(9-8-24(23)18-27)31-28-19-26(11-13-29(28)34-36-31)32-33-30(35-37-32)16-22-6-7-22/h8-13,17-22,30H,3-7,14-16H2,1-2H3,(H,34,36)/t20-,21+,30?. The summed E-state index contributed by atoms with van der Waals surface area (Å²) in [5, 5.41) is 20.1. The molecule has 7 heteroatoms. The highest BCUT2D eigenvalue weighted by Crippen LogP contribution is 2.36. The molecule has 3 aromatic carbocycles. The Hall–Kier alpha value is -3.58. The van der Waals surface area contributed by atoms with E-state index in [0.29, 0.717) is 18.7 Å². The third kappa shape index (κ3) is 5.08. The Morgan fingerprint density at radius 1 is 0.897 bits per heavy atom. The second kappa shape index (κ2) is 10.2. The van der Waals surface area contributed by atoms with Gasteiger partial charge in [0.25, 0.3) is 0 Å². The number of aromatic amines is 1. The van der Waals surface area contributed by atoms with Gasteiger partial charge in [0.1, 0.15) is 12.4 Å². The minimum atomic E-state index is -0.0155. The Kier molecular flexibility index (Phi) is 6.39. The van der Waals surface area contributed by atoms with Gasteiger partial charge in [0.05, 0.1) is 11.2 Å². The minimum Gasteiger partial charge on any atom is -0.492 e. The van der Waals surface area contributed by atoms with Crippen LogP contribution in [0.2, 0.25) is 0 Å². The fourth-order valence-electron chi connectivity index (χ4n) is 6.22. The lowest BCUT2D eigenvalue weighted by Crippen LogP contribution is -2.45. The van der Waals surface area contributed by atoms with Crippen LogP contribution in [0.5, 0.6) is 5.75 Å². The molecule has 7 nitrogen and oxygen atoms in total. The molecule has 1 saturated carbocycles. The Bertz CT molecular complexity index is 1560. The zero-order chi connectivity index (χ0) is 26.3. The van der Waals surface area contributed by atoms with Crippen molar-refractivity contribution in [1.29, 1.82) is 0 Å². The smallest absolute Gasteiger partial charge is 0.179 e. The maximum absolute atomic E-state index is 6.18. The Morgan fingerprint density at radius 2 is 1.69 bits per heavy atom. The van der Waals surface area contributed by atoms with Crippen molar-refractivity contribution in [3.05, 3.63) is 60.2 Å². The summed E-state index contributed by atoms with van der Waals surface area (Å²) in [6, 6.07) is 20.4. The van der Waals surface area contributed by atoms with E-state index in [4.69, 9.17) is 9.73 Å². The van der Waals surface area contributed by atoms with Gasteiger partial charge in [-0.3, -0.25) is 10.00 Å². The van der Waals surface area contributed by atoms with E-state index in [1.165, 1.54) is 42.9 Å². The molecule has 1 aliphatic carbocycles. The lowest BCUT2D eigenvalue weighted by molar-refractivity contribution is 0.0852. The highest BCUT2D eigenvalue weighted by molar-refractivity contribution is 6.05. The fraction of sp³-hybridized carbons (Fsp3) is 0.438. The summed E-state index contributed by atoms with van der Waals surface area (Å²) in [7, 11) is 0. The highest BCUT2D eigenvalue weighted by atomic mass is 16.5. The zero-order valence-corrected chi connectivity index (χ0v) is 22.8. The van der Waals surface area contributed by atoms with Crippen LogP contribution in [0.1, 0.15) is 57.9 Å². The monoisotopic (exact) mass is 520 g/mol. The van der Waals surface area contributed by atoms with Crippen molar-refractivity contribution in [3.8, 4) is 17.0 Å². The van der Waals surface area contributed by atoms with Gasteiger partial charge < -0.3 is 4.74 Å². The van der Waals surface area contributed by atoms with Crippen molar-refractivity contribution < 1.29 is 4.74 Å². The van der Waals surface area contributed by atoms with Crippen LogP contribution < -0.4 is 4.74 Å². The van der Waals surface area contributed by atoms with Gasteiger partial charge in [-0.1, -0.05) is 37.5 Å². The number of nitrogens with one attached hydrogen (secondary N) is 1. The quantitative estimate of drug-likeness (QED) is 0.264. The summed E-state index contributed by atoms with van der Waals surface area (Å²) in [6.45, 7) is 6.37. The van der Waals surface area contributed by atoms with Gasteiger partial charge in [0, 0.05) is 35.1 Å². The van der Waals surface area contributed by atoms with Gasteiger partial charge in [-0.2, -0.15) is 10.2 Å². The number of benzene rings is 3. The summed E-state index contributed by atoms with van der Waals surface area (Å²) in [5.74, 6) is 2.43. The van der Waals surface area contributed by atoms with Crippen LogP contribution in [0.3, 0.4) is 0 Å². The maximum Gasteiger partial charge on any atom is 0.179 e. The van der Waals surface area contributed by atoms with Crippen LogP contribution in [0.4, 0.5) is 0 Å². The summed E-state index contributed by atoms with van der Waals surface area (Å²) < 4.78 is 6.18. The van der Waals surface area contributed by atoms with Crippen LogP contribution in [0, 0.1) is 5.92 Å². The number of hydrogen-bond acceptors (Lipinski definition) is 6. The average molecular weight is 521 g/mol. The highest BCUT2D eigenvalue weighted by Gasteiger charge is 2.28. The number of H-pyrrole nitrogens is 1. The first-order valence-corrected chi connectivity index (χ1v) is 14.5. The van der Waals surface area contributed by atoms with E-state index in [0.717, 1.165) is 58.2 Å². The number of likely N-dealkylation sites (tertiary alicyclic amines) is 1. The minimum absolute atomic E-state index is 0.0155. The molecule has 2 fully saturated rings. The van der Waals surface area contributed by atoms with E-state index in [1.54, 1.807) is 0 Å². The lowest BCUT2D eigenvalue weighted by Gasteiger charge is -2.38. The first kappa shape index (κ1) is 24.5. The zero-order valence-electron chi connectivity index (χ0n) is 22.8. The number of aliphatic imine (C=N–C) groups is 1. The van der Waals surface area contributed by atoms with Crippen molar-refractivity contribution in [3.63, 3.8) is 0 Å². The Morgan fingerprint density at radius 3 is 2.54 bits per heavy atom. The topological polar surface area (TPSA) is 78.2 Å². The Balaban J connectivity index is 1.08. The maximum atomic E-state index is 6.18. The molecule has 3 atom stereocenters. The van der Waals surface area contributed by atoms with Gasteiger partial charge >= 0.3 is 0 Å². The number of ether oxygens (including phenoxy) is 1. The molecule has 2 aliphatic heterocycles. The van der Waals surface area contributed by atoms with Crippen LogP contribution >= 0.6 is 0 Å². The fourth-order valence-corrected chi connectivity index (χ4v) is 6.22. The van der Waals surface area contributed by atoms with Crippen molar-refractivity contribution in [2.75, 3.05) is 13.2 Å². The van der Waals surface area contributed by atoms with E-state index in [2.05, 4.69) is 93.8 Å². The second-order valence-electron chi connectivity index (χ2n) is 11.6. The SMILES string of the molecule is C[C@@H]1CCC[C@H](C)N1CCOc1ccc2cc(-c3n[nH]c4ccc(C5=NC(CC6CC6)N=N5)cc34)ccc2c1. The van der Waals surface area contributed by atoms with E-state index >= 15 is 0 Å². The van der Waals surface area contributed by atoms with E-state index < -0.39 is 0 Å². The number of fused-ring (bicyclic) bond motifs is 2. The molecule has 0 radical (unpaired) electrons. The van der Waals surface area contributed by atoms with E-state index in [1.807, 2.05) is 0 Å². The molecule has 0 amide bonds. The van der Waals surface area contributed by atoms with Crippen LogP contribution in [0.15, 0.2) is 69.8 Å². The van der Waals surface area contributed by atoms with Crippen LogP contribution in [-0.4, -0.2) is 52.3 Å². The molecule has 1 N–H and O–H groups in total. The predicted octanol–water partition coefficient (Wildman–Crippen LogP) is 7.36. The second-order valence-corrected chi connectivity index (χ2v) is 11.6. The molecule has 3 aliphatic rings. The number of aromatic nitrogens is 2. The van der Waals surface area contributed by atoms with Gasteiger partial charge in [0.15, 0.2) is 12.0 Å².